The van der Waals surface area contributed by atoms with Gasteiger partial charge in [-0.1, -0.05) is 6.08 Å². The number of carboxylic acids is 1. The van der Waals surface area contributed by atoms with E-state index in [4.69, 9.17) is 20.1 Å². The Morgan fingerprint density at radius 1 is 1.30 bits per heavy atom. The van der Waals surface area contributed by atoms with Gasteiger partial charge in [-0.2, -0.15) is 12.6 Å². The first-order valence-electron chi connectivity index (χ1n) is 7.37. The number of nitrogen functional groups attached to an aromatic ring is 1. The van der Waals surface area contributed by atoms with E-state index in [2.05, 4.69) is 12.6 Å². The summed E-state index contributed by atoms with van der Waals surface area (Å²) in [7, 11) is -0.537. The molecule has 0 aliphatic carbocycles. The van der Waals surface area contributed by atoms with E-state index in [1.54, 1.807) is 12.1 Å². The molecule has 0 amide bonds. The van der Waals surface area contributed by atoms with Crippen LogP contribution in [0.15, 0.2) is 23.7 Å². The minimum absolute atomic E-state index is 0.179. The van der Waals surface area contributed by atoms with E-state index in [9.17, 15) is 4.79 Å². The second kappa shape index (κ2) is 6.22. The van der Waals surface area contributed by atoms with E-state index in [-0.39, 0.29) is 5.56 Å². The molecule has 0 unspecified atom stereocenters. The zero-order valence-corrected chi connectivity index (χ0v) is 14.7. The Labute approximate surface area is 142 Å². The molecular weight excluding hydrogens is 313 g/mol. The third-order valence-corrected chi connectivity index (χ3v) is 4.78. The fourth-order valence-corrected chi connectivity index (χ4v) is 2.46. The van der Waals surface area contributed by atoms with Crippen molar-refractivity contribution < 1.29 is 19.2 Å². The Hall–Kier alpha value is -1.44. The van der Waals surface area contributed by atoms with Crippen LogP contribution in [0.3, 0.4) is 0 Å². The van der Waals surface area contributed by atoms with Crippen LogP contribution in [-0.2, 0) is 9.31 Å². The Kier molecular flexibility index (Phi) is 4.85. The average molecular weight is 335 g/mol. The van der Waals surface area contributed by atoms with Crippen molar-refractivity contribution in [2.75, 3.05) is 11.5 Å². The molecule has 124 valence electrons. The first kappa shape index (κ1) is 17.9. The van der Waals surface area contributed by atoms with Crippen molar-refractivity contribution in [3.8, 4) is 0 Å². The molecule has 0 atom stereocenters. The number of carbonyl (C=O) groups is 1. The second-order valence-corrected chi connectivity index (χ2v) is 6.93. The third kappa shape index (κ3) is 3.57. The molecule has 7 heteroatoms. The van der Waals surface area contributed by atoms with Crippen molar-refractivity contribution in [3.05, 3.63) is 34.8 Å². The molecule has 3 N–H and O–H groups in total. The fourth-order valence-electron chi connectivity index (χ4n) is 2.22. The maximum absolute atomic E-state index is 11.1. The van der Waals surface area contributed by atoms with Gasteiger partial charge in [0.2, 0.25) is 0 Å². The topological polar surface area (TPSA) is 81.8 Å². The summed E-state index contributed by atoms with van der Waals surface area (Å²) in [5.41, 5.74) is 7.13. The molecule has 1 saturated heterocycles. The van der Waals surface area contributed by atoms with E-state index >= 15 is 0 Å². The summed E-state index contributed by atoms with van der Waals surface area (Å²) in [4.78, 5) is 11.1. The highest BCUT2D eigenvalue weighted by Gasteiger charge is 2.52. The van der Waals surface area contributed by atoms with Crippen molar-refractivity contribution in [1.29, 1.82) is 0 Å². The minimum Gasteiger partial charge on any atom is -0.478 e. The van der Waals surface area contributed by atoms with E-state index < -0.39 is 24.3 Å². The van der Waals surface area contributed by atoms with Gasteiger partial charge in [0.05, 0.1) is 16.8 Å². The van der Waals surface area contributed by atoms with E-state index in [1.165, 1.54) is 12.1 Å². The standard InChI is InChI=1S/C16H22BNO4S/c1-15(2)16(3,4)22-17(21-15)12(9-23)8-11-7-10(14(19)20)5-6-13(11)18/h5-8,23H,9,18H2,1-4H3,(H,19,20). The zero-order valence-electron chi connectivity index (χ0n) is 13.8. The molecule has 0 bridgehead atoms. The van der Waals surface area contributed by atoms with Crippen LogP contribution in [0.1, 0.15) is 43.6 Å². The highest BCUT2D eigenvalue weighted by Crippen LogP contribution is 2.39. The van der Waals surface area contributed by atoms with Gasteiger partial charge in [-0.3, -0.25) is 0 Å². The summed E-state index contributed by atoms with van der Waals surface area (Å²) < 4.78 is 12.0. The molecule has 23 heavy (non-hydrogen) atoms. The Morgan fingerprint density at radius 2 is 1.87 bits per heavy atom. The molecule has 0 spiro atoms. The molecule has 1 aliphatic rings. The molecule has 1 heterocycles. The van der Waals surface area contributed by atoms with Crippen LogP contribution in [0.2, 0.25) is 0 Å². The summed E-state index contributed by atoms with van der Waals surface area (Å²) in [6, 6.07) is 4.59. The number of thiol groups is 1. The number of nitrogens with two attached hydrogens (primary N) is 1. The molecular formula is C16H22BNO4S. The SMILES string of the molecule is CC1(C)OB(C(=Cc2cc(C(=O)O)ccc2N)CS)OC1(C)C. The van der Waals surface area contributed by atoms with Crippen LogP contribution in [-0.4, -0.2) is 35.1 Å². The third-order valence-electron chi connectivity index (χ3n) is 4.41. The predicted octanol–water partition coefficient (Wildman–Crippen LogP) is 2.91. The quantitative estimate of drug-likeness (QED) is 0.448. The smallest absolute Gasteiger partial charge is 0.478 e. The van der Waals surface area contributed by atoms with Crippen molar-refractivity contribution >= 4 is 37.5 Å². The summed E-state index contributed by atoms with van der Waals surface area (Å²) in [5.74, 6) is -0.587. The molecule has 1 aliphatic heterocycles. The van der Waals surface area contributed by atoms with Gasteiger partial charge in [-0.25, -0.2) is 4.79 Å². The van der Waals surface area contributed by atoms with Gasteiger partial charge in [-0.15, -0.1) is 0 Å². The van der Waals surface area contributed by atoms with Crippen molar-refractivity contribution in [2.24, 2.45) is 0 Å². The predicted molar refractivity (Wildman–Crippen MR) is 95.7 cm³/mol. The largest absolute Gasteiger partial charge is 0.491 e. The second-order valence-electron chi connectivity index (χ2n) is 6.61. The van der Waals surface area contributed by atoms with Gasteiger partial charge in [0.15, 0.2) is 0 Å². The van der Waals surface area contributed by atoms with E-state index in [0.717, 1.165) is 5.47 Å². The number of rotatable bonds is 4. The molecule has 2 rings (SSSR count). The van der Waals surface area contributed by atoms with Crippen LogP contribution in [0.25, 0.3) is 6.08 Å². The molecule has 0 aromatic heterocycles. The first-order chi connectivity index (χ1) is 10.6. The van der Waals surface area contributed by atoms with Gasteiger partial charge < -0.3 is 20.1 Å². The fraction of sp³-hybridized carbons (Fsp3) is 0.438. The summed E-state index contributed by atoms with van der Waals surface area (Å²) >= 11 is 4.35. The molecule has 0 radical (unpaired) electrons. The average Bonchev–Trinajstić information content (AvgIpc) is 2.66. The Bertz CT molecular complexity index is 641. The monoisotopic (exact) mass is 335 g/mol. The Morgan fingerprint density at radius 3 is 2.35 bits per heavy atom. The number of benzene rings is 1. The summed E-state index contributed by atoms with van der Waals surface area (Å²) in [6.45, 7) is 7.90. The molecule has 1 fully saturated rings. The van der Waals surface area contributed by atoms with Gasteiger partial charge in [0.1, 0.15) is 0 Å². The molecule has 5 nitrogen and oxygen atoms in total. The minimum atomic E-state index is -0.997. The highest BCUT2D eigenvalue weighted by molar-refractivity contribution is 7.80. The summed E-state index contributed by atoms with van der Waals surface area (Å²) in [6.07, 6.45) is 1.79. The number of hydrogen-bond acceptors (Lipinski definition) is 5. The van der Waals surface area contributed by atoms with Crippen LogP contribution < -0.4 is 5.73 Å². The normalized spacial score (nSPS) is 19.9. The van der Waals surface area contributed by atoms with Crippen LogP contribution >= 0.6 is 12.6 Å². The van der Waals surface area contributed by atoms with Crippen molar-refractivity contribution in [1.82, 2.24) is 0 Å². The van der Waals surface area contributed by atoms with E-state index in [1.807, 2.05) is 27.7 Å². The van der Waals surface area contributed by atoms with E-state index in [0.29, 0.717) is 17.0 Å². The molecule has 1 aromatic carbocycles. The number of anilines is 1. The lowest BCUT2D eigenvalue weighted by Gasteiger charge is -2.32. The number of carboxylic acid groups (broad SMARTS) is 1. The zero-order chi connectivity index (χ0) is 17.4. The maximum atomic E-state index is 11.1. The lowest BCUT2D eigenvalue weighted by Crippen LogP contribution is -2.41. The number of hydrogen-bond donors (Lipinski definition) is 3. The van der Waals surface area contributed by atoms with Crippen LogP contribution in [0, 0.1) is 0 Å². The van der Waals surface area contributed by atoms with Gasteiger partial charge in [0, 0.05) is 11.4 Å². The lowest BCUT2D eigenvalue weighted by molar-refractivity contribution is 0.00578. The van der Waals surface area contributed by atoms with Crippen LogP contribution in [0.4, 0.5) is 5.69 Å². The van der Waals surface area contributed by atoms with Crippen molar-refractivity contribution in [2.45, 2.75) is 38.9 Å². The maximum Gasteiger partial charge on any atom is 0.491 e. The first-order valence-corrected chi connectivity index (χ1v) is 8.00. The molecule has 1 aromatic rings. The lowest BCUT2D eigenvalue weighted by atomic mass is 9.78. The molecule has 0 saturated carbocycles. The highest BCUT2D eigenvalue weighted by atomic mass is 32.1. The van der Waals surface area contributed by atoms with Gasteiger partial charge >= 0.3 is 13.1 Å². The van der Waals surface area contributed by atoms with Gasteiger partial charge in [-0.05, 0) is 56.9 Å². The van der Waals surface area contributed by atoms with Gasteiger partial charge in [0.25, 0.3) is 0 Å². The van der Waals surface area contributed by atoms with Crippen molar-refractivity contribution in [3.63, 3.8) is 0 Å². The Balaban J connectivity index is 2.37. The number of aromatic carboxylic acids is 1. The summed E-state index contributed by atoms with van der Waals surface area (Å²) in [5, 5.41) is 9.11. The van der Waals surface area contributed by atoms with Crippen LogP contribution in [0.5, 0.6) is 0 Å².